The number of aliphatic hydroxyl groups excluding tert-OH is 1. The number of rotatable bonds is 4. The summed E-state index contributed by atoms with van der Waals surface area (Å²) in [5.74, 6) is 1.33. The van der Waals surface area contributed by atoms with Gasteiger partial charge < -0.3 is 9.84 Å². The standard InChI is InChI=1S/C15H28O2/c1-3-17-15(10-4-5-11-15)14(16)13-8-6-12(2)7-9-13/h12-14,16H,3-11H2,1-2H3. The summed E-state index contributed by atoms with van der Waals surface area (Å²) in [6.07, 6.45) is 9.29. The Labute approximate surface area is 106 Å². The fourth-order valence-electron chi connectivity index (χ4n) is 3.82. The minimum atomic E-state index is -0.225. The number of hydrogen-bond acceptors (Lipinski definition) is 2. The molecule has 100 valence electrons. The lowest BCUT2D eigenvalue weighted by molar-refractivity contribution is -0.141. The Kier molecular flexibility index (Phi) is 4.48. The third kappa shape index (κ3) is 2.85. The minimum absolute atomic E-state index is 0.194. The van der Waals surface area contributed by atoms with Crippen molar-refractivity contribution in [2.45, 2.75) is 76.9 Å². The van der Waals surface area contributed by atoms with E-state index in [9.17, 15) is 5.11 Å². The second-order valence-corrected chi connectivity index (χ2v) is 6.17. The summed E-state index contributed by atoms with van der Waals surface area (Å²) in [4.78, 5) is 0. The number of ether oxygens (including phenoxy) is 1. The van der Waals surface area contributed by atoms with Gasteiger partial charge in [0.1, 0.15) is 0 Å². The lowest BCUT2D eigenvalue weighted by Gasteiger charge is -2.40. The monoisotopic (exact) mass is 240 g/mol. The predicted octanol–water partition coefficient (Wildman–Crippen LogP) is 3.52. The van der Waals surface area contributed by atoms with Crippen molar-refractivity contribution in [1.29, 1.82) is 0 Å². The van der Waals surface area contributed by atoms with Crippen LogP contribution in [0.3, 0.4) is 0 Å². The van der Waals surface area contributed by atoms with Gasteiger partial charge in [0.25, 0.3) is 0 Å². The second-order valence-electron chi connectivity index (χ2n) is 6.17. The summed E-state index contributed by atoms with van der Waals surface area (Å²) < 4.78 is 5.98. The number of hydrogen-bond donors (Lipinski definition) is 1. The van der Waals surface area contributed by atoms with Crippen molar-refractivity contribution in [3.63, 3.8) is 0 Å². The summed E-state index contributed by atoms with van der Waals surface area (Å²) >= 11 is 0. The van der Waals surface area contributed by atoms with Gasteiger partial charge in [0, 0.05) is 6.61 Å². The van der Waals surface area contributed by atoms with Crippen LogP contribution in [0.2, 0.25) is 0 Å². The molecule has 2 fully saturated rings. The summed E-state index contributed by atoms with van der Waals surface area (Å²) in [5, 5.41) is 10.7. The Bertz CT molecular complexity index is 225. The van der Waals surface area contributed by atoms with Crippen LogP contribution in [0.5, 0.6) is 0 Å². The normalized spacial score (nSPS) is 34.8. The first-order valence-corrected chi connectivity index (χ1v) is 7.50. The maximum Gasteiger partial charge on any atom is 0.0942 e. The molecule has 0 heterocycles. The molecule has 1 atom stereocenters. The molecule has 2 rings (SSSR count). The van der Waals surface area contributed by atoms with E-state index in [1.807, 2.05) is 0 Å². The van der Waals surface area contributed by atoms with Gasteiger partial charge in [0.2, 0.25) is 0 Å². The lowest BCUT2D eigenvalue weighted by atomic mass is 9.75. The van der Waals surface area contributed by atoms with Crippen LogP contribution in [0, 0.1) is 11.8 Å². The highest BCUT2D eigenvalue weighted by atomic mass is 16.5. The van der Waals surface area contributed by atoms with E-state index >= 15 is 0 Å². The van der Waals surface area contributed by atoms with E-state index in [0.29, 0.717) is 5.92 Å². The zero-order valence-electron chi connectivity index (χ0n) is 11.5. The smallest absolute Gasteiger partial charge is 0.0942 e. The molecule has 1 unspecified atom stereocenters. The summed E-state index contributed by atoms with van der Waals surface area (Å²) in [7, 11) is 0. The average Bonchev–Trinajstić information content (AvgIpc) is 2.79. The van der Waals surface area contributed by atoms with Crippen molar-refractivity contribution in [1.82, 2.24) is 0 Å². The van der Waals surface area contributed by atoms with Gasteiger partial charge in [-0.25, -0.2) is 0 Å². The molecule has 17 heavy (non-hydrogen) atoms. The molecule has 0 saturated heterocycles. The molecule has 2 nitrogen and oxygen atoms in total. The van der Waals surface area contributed by atoms with Crippen LogP contribution >= 0.6 is 0 Å². The van der Waals surface area contributed by atoms with Crippen LogP contribution in [0.25, 0.3) is 0 Å². The molecule has 2 saturated carbocycles. The second kappa shape index (κ2) is 5.71. The summed E-state index contributed by atoms with van der Waals surface area (Å²) in [6, 6.07) is 0. The molecule has 2 aliphatic rings. The minimum Gasteiger partial charge on any atom is -0.390 e. The van der Waals surface area contributed by atoms with Gasteiger partial charge in [0.05, 0.1) is 11.7 Å². The molecular formula is C15H28O2. The van der Waals surface area contributed by atoms with E-state index in [0.717, 1.165) is 25.4 Å². The molecule has 0 bridgehead atoms. The van der Waals surface area contributed by atoms with Crippen molar-refractivity contribution in [3.8, 4) is 0 Å². The summed E-state index contributed by atoms with van der Waals surface area (Å²) in [6.45, 7) is 5.12. The Morgan fingerprint density at radius 3 is 2.29 bits per heavy atom. The van der Waals surface area contributed by atoms with Crippen molar-refractivity contribution in [2.75, 3.05) is 6.61 Å². The highest BCUT2D eigenvalue weighted by Crippen LogP contribution is 2.42. The van der Waals surface area contributed by atoms with Gasteiger partial charge >= 0.3 is 0 Å². The van der Waals surface area contributed by atoms with Crippen LogP contribution in [-0.4, -0.2) is 23.4 Å². The quantitative estimate of drug-likeness (QED) is 0.814. The Hall–Kier alpha value is -0.0800. The third-order valence-corrected chi connectivity index (χ3v) is 4.93. The molecule has 0 aromatic rings. The highest BCUT2D eigenvalue weighted by Gasteiger charge is 2.45. The van der Waals surface area contributed by atoms with E-state index in [2.05, 4.69) is 13.8 Å². The number of aliphatic hydroxyl groups is 1. The van der Waals surface area contributed by atoms with Crippen molar-refractivity contribution >= 4 is 0 Å². The summed E-state index contributed by atoms with van der Waals surface area (Å²) in [5.41, 5.74) is -0.194. The van der Waals surface area contributed by atoms with Crippen LogP contribution < -0.4 is 0 Å². The molecule has 2 aliphatic carbocycles. The van der Waals surface area contributed by atoms with Crippen molar-refractivity contribution in [2.24, 2.45) is 11.8 Å². The van der Waals surface area contributed by atoms with Crippen LogP contribution in [0.15, 0.2) is 0 Å². The maximum absolute atomic E-state index is 10.7. The zero-order valence-corrected chi connectivity index (χ0v) is 11.5. The van der Waals surface area contributed by atoms with Gasteiger partial charge in [-0.05, 0) is 44.4 Å². The van der Waals surface area contributed by atoms with Gasteiger partial charge in [-0.2, -0.15) is 0 Å². The molecule has 0 spiro atoms. The van der Waals surface area contributed by atoms with Crippen LogP contribution in [0.4, 0.5) is 0 Å². The molecular weight excluding hydrogens is 212 g/mol. The maximum atomic E-state index is 10.7. The Morgan fingerprint density at radius 1 is 1.18 bits per heavy atom. The SMILES string of the molecule is CCOC1(C(O)C2CCC(C)CC2)CCCC1. The molecule has 2 heteroatoms. The van der Waals surface area contributed by atoms with Crippen LogP contribution in [-0.2, 0) is 4.74 Å². The largest absolute Gasteiger partial charge is 0.390 e. The topological polar surface area (TPSA) is 29.5 Å². The fraction of sp³-hybridized carbons (Fsp3) is 1.00. The Balaban J connectivity index is 1.98. The van der Waals surface area contributed by atoms with Crippen molar-refractivity contribution in [3.05, 3.63) is 0 Å². The first-order chi connectivity index (χ1) is 8.18. The van der Waals surface area contributed by atoms with E-state index in [-0.39, 0.29) is 11.7 Å². The van der Waals surface area contributed by atoms with Gasteiger partial charge in [-0.3, -0.25) is 0 Å². The molecule has 0 aromatic carbocycles. The van der Waals surface area contributed by atoms with E-state index < -0.39 is 0 Å². The lowest BCUT2D eigenvalue weighted by Crippen LogP contribution is -2.47. The average molecular weight is 240 g/mol. The Morgan fingerprint density at radius 2 is 1.76 bits per heavy atom. The fourth-order valence-corrected chi connectivity index (χ4v) is 3.82. The molecule has 0 aliphatic heterocycles. The molecule has 0 aromatic heterocycles. The van der Waals surface area contributed by atoms with Gasteiger partial charge in [-0.1, -0.05) is 32.6 Å². The van der Waals surface area contributed by atoms with Gasteiger partial charge in [-0.15, -0.1) is 0 Å². The zero-order chi connectivity index (χ0) is 12.3. The predicted molar refractivity (Wildman–Crippen MR) is 70.0 cm³/mol. The molecule has 0 radical (unpaired) electrons. The van der Waals surface area contributed by atoms with Gasteiger partial charge in [0.15, 0.2) is 0 Å². The van der Waals surface area contributed by atoms with E-state index in [1.165, 1.54) is 38.5 Å². The van der Waals surface area contributed by atoms with E-state index in [1.54, 1.807) is 0 Å². The van der Waals surface area contributed by atoms with Crippen LogP contribution in [0.1, 0.15) is 65.2 Å². The third-order valence-electron chi connectivity index (χ3n) is 4.93. The first kappa shape index (κ1) is 13.4. The molecule has 1 N–H and O–H groups in total. The first-order valence-electron chi connectivity index (χ1n) is 7.50. The van der Waals surface area contributed by atoms with E-state index in [4.69, 9.17) is 4.74 Å². The molecule has 0 amide bonds. The highest BCUT2D eigenvalue weighted by molar-refractivity contribution is 4.96. The van der Waals surface area contributed by atoms with Crippen molar-refractivity contribution < 1.29 is 9.84 Å².